The minimum absolute atomic E-state index is 0.303. The highest BCUT2D eigenvalue weighted by atomic mass is 16.5. The molecule has 0 unspecified atom stereocenters. The van der Waals surface area contributed by atoms with Crippen molar-refractivity contribution in [2.45, 2.75) is 20.8 Å². The Morgan fingerprint density at radius 2 is 2.06 bits per heavy atom. The Bertz CT molecular complexity index is 540. The van der Waals surface area contributed by atoms with Gasteiger partial charge in [-0.15, -0.1) is 0 Å². The number of nitrogens with zero attached hydrogens (tertiary/aromatic N) is 1. The number of benzene rings is 1. The van der Waals surface area contributed by atoms with E-state index in [1.54, 1.807) is 4.57 Å². The van der Waals surface area contributed by atoms with Crippen LogP contribution in [0, 0.1) is 12.8 Å². The van der Waals surface area contributed by atoms with Gasteiger partial charge in [0.25, 0.3) is 0 Å². The van der Waals surface area contributed by atoms with Gasteiger partial charge in [-0.05, 0) is 24.5 Å². The second-order valence-corrected chi connectivity index (χ2v) is 4.67. The zero-order chi connectivity index (χ0) is 12.4. The second kappa shape index (κ2) is 4.62. The monoisotopic (exact) mass is 231 g/mol. The molecule has 3 heteroatoms. The van der Waals surface area contributed by atoms with Crippen LogP contribution in [0.1, 0.15) is 19.4 Å². The number of aryl methyl sites for hydroxylation is 1. The summed E-state index contributed by atoms with van der Waals surface area (Å²) >= 11 is 0. The molecular weight excluding hydrogens is 214 g/mol. The summed E-state index contributed by atoms with van der Waals surface area (Å²) in [6.07, 6.45) is 1.52. The Hall–Kier alpha value is -1.77. The first kappa shape index (κ1) is 11.7. The van der Waals surface area contributed by atoms with Crippen LogP contribution in [0.15, 0.2) is 30.5 Å². The molecule has 90 valence electrons. The molecular formula is C14H17NO2. The summed E-state index contributed by atoms with van der Waals surface area (Å²) in [4.78, 5) is 11.9. The molecule has 1 aromatic heterocycles. The second-order valence-electron chi connectivity index (χ2n) is 4.67. The first-order valence-corrected chi connectivity index (χ1v) is 5.83. The molecule has 2 aromatic rings. The fourth-order valence-electron chi connectivity index (χ4n) is 1.81. The molecule has 0 aliphatic heterocycles. The number of hydrogen-bond donors (Lipinski definition) is 0. The minimum Gasteiger partial charge on any atom is -0.449 e. The van der Waals surface area contributed by atoms with Crippen LogP contribution in [0.5, 0.6) is 0 Å². The summed E-state index contributed by atoms with van der Waals surface area (Å²) in [5.74, 6) is 0.349. The molecule has 1 aromatic carbocycles. The molecule has 0 amide bonds. The van der Waals surface area contributed by atoms with E-state index < -0.39 is 0 Å². The van der Waals surface area contributed by atoms with Crippen LogP contribution in [-0.2, 0) is 4.74 Å². The van der Waals surface area contributed by atoms with Crippen LogP contribution in [-0.4, -0.2) is 17.3 Å². The van der Waals surface area contributed by atoms with E-state index in [-0.39, 0.29) is 6.09 Å². The van der Waals surface area contributed by atoms with Crippen LogP contribution in [0.2, 0.25) is 0 Å². The van der Waals surface area contributed by atoms with Gasteiger partial charge in [-0.25, -0.2) is 4.79 Å². The van der Waals surface area contributed by atoms with E-state index in [4.69, 9.17) is 4.74 Å². The molecule has 0 saturated carbocycles. The SMILES string of the molecule is Cc1cn(C(=O)OCC(C)C)c2ccccc12. The van der Waals surface area contributed by atoms with Gasteiger partial charge in [-0.2, -0.15) is 0 Å². The number of ether oxygens (including phenoxy) is 1. The van der Waals surface area contributed by atoms with Gasteiger partial charge in [0.2, 0.25) is 0 Å². The Morgan fingerprint density at radius 1 is 1.35 bits per heavy atom. The molecule has 0 atom stereocenters. The molecule has 0 saturated heterocycles. The fraction of sp³-hybridized carbons (Fsp3) is 0.357. The average molecular weight is 231 g/mol. The van der Waals surface area contributed by atoms with Crippen molar-refractivity contribution >= 4 is 17.0 Å². The summed E-state index contributed by atoms with van der Waals surface area (Å²) in [6, 6.07) is 7.84. The molecule has 0 bridgehead atoms. The molecule has 1 heterocycles. The normalized spacial score (nSPS) is 11.1. The van der Waals surface area contributed by atoms with Gasteiger partial charge in [0.15, 0.2) is 0 Å². The van der Waals surface area contributed by atoms with Crippen LogP contribution in [0.4, 0.5) is 4.79 Å². The number of carbonyl (C=O) groups excluding carboxylic acids is 1. The average Bonchev–Trinajstić information content (AvgIpc) is 2.65. The highest BCUT2D eigenvalue weighted by molar-refractivity contribution is 5.91. The van der Waals surface area contributed by atoms with Crippen molar-refractivity contribution in [3.05, 3.63) is 36.0 Å². The van der Waals surface area contributed by atoms with E-state index in [9.17, 15) is 4.79 Å². The lowest BCUT2D eigenvalue weighted by atomic mass is 10.2. The molecule has 17 heavy (non-hydrogen) atoms. The minimum atomic E-state index is -0.303. The largest absolute Gasteiger partial charge is 0.449 e. The van der Waals surface area contributed by atoms with E-state index >= 15 is 0 Å². The van der Waals surface area contributed by atoms with E-state index in [1.165, 1.54) is 0 Å². The lowest BCUT2D eigenvalue weighted by Gasteiger charge is -2.08. The van der Waals surface area contributed by atoms with Crippen molar-refractivity contribution < 1.29 is 9.53 Å². The lowest BCUT2D eigenvalue weighted by molar-refractivity contribution is 0.135. The van der Waals surface area contributed by atoms with Crippen molar-refractivity contribution in [2.75, 3.05) is 6.61 Å². The maximum atomic E-state index is 11.9. The van der Waals surface area contributed by atoms with E-state index in [0.29, 0.717) is 12.5 Å². The van der Waals surface area contributed by atoms with Crippen molar-refractivity contribution in [1.29, 1.82) is 0 Å². The topological polar surface area (TPSA) is 31.2 Å². The van der Waals surface area contributed by atoms with Gasteiger partial charge < -0.3 is 4.74 Å². The number of fused-ring (bicyclic) bond motifs is 1. The van der Waals surface area contributed by atoms with E-state index in [0.717, 1.165) is 16.5 Å². The van der Waals surface area contributed by atoms with Gasteiger partial charge in [-0.1, -0.05) is 32.0 Å². The van der Waals surface area contributed by atoms with Gasteiger partial charge >= 0.3 is 6.09 Å². The third-order valence-corrected chi connectivity index (χ3v) is 2.65. The molecule has 0 aliphatic carbocycles. The Labute approximate surface area is 101 Å². The van der Waals surface area contributed by atoms with Crippen LogP contribution < -0.4 is 0 Å². The maximum Gasteiger partial charge on any atom is 0.418 e. The van der Waals surface area contributed by atoms with E-state index in [1.807, 2.05) is 51.2 Å². The third kappa shape index (κ3) is 2.33. The van der Waals surface area contributed by atoms with Gasteiger partial charge in [-0.3, -0.25) is 4.57 Å². The number of aromatic nitrogens is 1. The van der Waals surface area contributed by atoms with Crippen molar-refractivity contribution in [3.8, 4) is 0 Å². The Kier molecular flexibility index (Phi) is 3.18. The number of para-hydroxylation sites is 1. The maximum absolute atomic E-state index is 11.9. The van der Waals surface area contributed by atoms with Crippen molar-refractivity contribution in [2.24, 2.45) is 5.92 Å². The highest BCUT2D eigenvalue weighted by Crippen LogP contribution is 2.20. The third-order valence-electron chi connectivity index (χ3n) is 2.65. The van der Waals surface area contributed by atoms with E-state index in [2.05, 4.69) is 0 Å². The summed E-state index contributed by atoms with van der Waals surface area (Å²) in [5, 5.41) is 1.09. The first-order chi connectivity index (χ1) is 8.09. The smallest absolute Gasteiger partial charge is 0.418 e. The molecule has 2 rings (SSSR count). The zero-order valence-corrected chi connectivity index (χ0v) is 10.4. The molecule has 0 fully saturated rings. The van der Waals surface area contributed by atoms with Crippen LogP contribution in [0.3, 0.4) is 0 Å². The highest BCUT2D eigenvalue weighted by Gasteiger charge is 2.12. The summed E-state index contributed by atoms with van der Waals surface area (Å²) in [6.45, 7) is 6.48. The number of rotatable bonds is 2. The van der Waals surface area contributed by atoms with Gasteiger partial charge in [0.1, 0.15) is 0 Å². The standard InChI is InChI=1S/C14H17NO2/c1-10(2)9-17-14(16)15-8-11(3)12-6-4-5-7-13(12)15/h4-8,10H,9H2,1-3H3. The Morgan fingerprint density at radius 3 is 2.76 bits per heavy atom. The quantitative estimate of drug-likeness (QED) is 0.790. The molecule has 3 nitrogen and oxygen atoms in total. The summed E-state index contributed by atoms with van der Waals surface area (Å²) in [7, 11) is 0. The summed E-state index contributed by atoms with van der Waals surface area (Å²) in [5.41, 5.74) is 1.99. The number of hydrogen-bond acceptors (Lipinski definition) is 2. The van der Waals surface area contributed by atoms with Gasteiger partial charge in [0, 0.05) is 11.6 Å². The van der Waals surface area contributed by atoms with Crippen LogP contribution in [0.25, 0.3) is 10.9 Å². The number of carbonyl (C=O) groups is 1. The first-order valence-electron chi connectivity index (χ1n) is 5.83. The zero-order valence-electron chi connectivity index (χ0n) is 10.4. The molecule has 0 N–H and O–H groups in total. The van der Waals surface area contributed by atoms with Crippen molar-refractivity contribution in [3.63, 3.8) is 0 Å². The van der Waals surface area contributed by atoms with Crippen molar-refractivity contribution in [1.82, 2.24) is 4.57 Å². The van der Waals surface area contributed by atoms with Gasteiger partial charge in [0.05, 0.1) is 12.1 Å². The fourth-order valence-corrected chi connectivity index (χ4v) is 1.81. The molecule has 0 radical (unpaired) electrons. The Balaban J connectivity index is 2.32. The predicted molar refractivity (Wildman–Crippen MR) is 68.3 cm³/mol. The predicted octanol–water partition coefficient (Wildman–Crippen LogP) is 3.59. The lowest BCUT2D eigenvalue weighted by Crippen LogP contribution is -2.15. The molecule has 0 spiro atoms. The molecule has 0 aliphatic rings. The van der Waals surface area contributed by atoms with Crippen LogP contribution >= 0.6 is 0 Å². The summed E-state index contributed by atoms with van der Waals surface area (Å²) < 4.78 is 6.81.